The van der Waals surface area contributed by atoms with Gasteiger partial charge in [0.05, 0.1) is 0 Å². The molecule has 1 rings (SSSR count). The standard InChI is InChI=1S/C15H22N4O4/c16-8-11(17)9-18-12-5-3-10(4-6-12)14(21)19-13(15(22)23)2-1-7-20/h3-5,7-8,12-13,18H,1-2,6,9,16-17H2,(H,19,21)(H,22,23)/b11-8-/t12-,13+/m1/s1. The molecule has 0 radical (unpaired) electrons. The summed E-state index contributed by atoms with van der Waals surface area (Å²) in [5.74, 6) is -1.64. The van der Waals surface area contributed by atoms with Crippen LogP contribution in [0.4, 0.5) is 0 Å². The van der Waals surface area contributed by atoms with Crippen LogP contribution in [0.25, 0.3) is 0 Å². The van der Waals surface area contributed by atoms with E-state index in [9.17, 15) is 14.4 Å². The normalized spacial score (nSPS) is 18.9. The average molecular weight is 322 g/mol. The molecule has 0 saturated carbocycles. The van der Waals surface area contributed by atoms with Crippen LogP contribution >= 0.6 is 0 Å². The summed E-state index contributed by atoms with van der Waals surface area (Å²) in [6, 6.07) is -1.05. The van der Waals surface area contributed by atoms with E-state index in [0.29, 0.717) is 30.5 Å². The number of nitrogens with one attached hydrogen (secondary N) is 2. The molecule has 0 bridgehead atoms. The first-order valence-electron chi connectivity index (χ1n) is 7.23. The lowest BCUT2D eigenvalue weighted by Crippen LogP contribution is -2.41. The van der Waals surface area contributed by atoms with Crippen molar-refractivity contribution in [2.75, 3.05) is 6.54 Å². The predicted octanol–water partition coefficient (Wildman–Crippen LogP) is -0.862. The summed E-state index contributed by atoms with van der Waals surface area (Å²) in [7, 11) is 0. The summed E-state index contributed by atoms with van der Waals surface area (Å²) < 4.78 is 0. The zero-order valence-electron chi connectivity index (χ0n) is 12.7. The molecule has 1 aliphatic carbocycles. The molecule has 0 spiro atoms. The van der Waals surface area contributed by atoms with Crippen molar-refractivity contribution in [1.29, 1.82) is 0 Å². The van der Waals surface area contributed by atoms with Crippen LogP contribution in [0.1, 0.15) is 19.3 Å². The number of carbonyl (C=O) groups is 3. The monoisotopic (exact) mass is 322 g/mol. The second-order valence-electron chi connectivity index (χ2n) is 5.09. The Balaban J connectivity index is 2.52. The third kappa shape index (κ3) is 6.35. The minimum absolute atomic E-state index is 0.0235. The van der Waals surface area contributed by atoms with Crippen molar-refractivity contribution in [3.05, 3.63) is 35.7 Å². The van der Waals surface area contributed by atoms with Gasteiger partial charge in [-0.05, 0) is 12.8 Å². The first-order chi connectivity index (χ1) is 11.0. The van der Waals surface area contributed by atoms with Crippen molar-refractivity contribution in [3.8, 4) is 0 Å². The molecular formula is C15H22N4O4. The maximum absolute atomic E-state index is 12.0. The number of aliphatic carboxylic acids is 1. The number of carbonyl (C=O) groups excluding carboxylic acids is 2. The molecule has 126 valence electrons. The second-order valence-corrected chi connectivity index (χ2v) is 5.09. The highest BCUT2D eigenvalue weighted by Gasteiger charge is 2.21. The SMILES string of the molecule is N/C=C(\N)CN[C@@H]1C=CC(C(=O)N[C@@H](CCC=O)C(=O)O)=CC1. The lowest BCUT2D eigenvalue weighted by atomic mass is 10.0. The van der Waals surface area contributed by atoms with E-state index in [4.69, 9.17) is 16.6 Å². The maximum Gasteiger partial charge on any atom is 0.326 e. The van der Waals surface area contributed by atoms with Crippen molar-refractivity contribution >= 4 is 18.2 Å². The number of rotatable bonds is 9. The van der Waals surface area contributed by atoms with Gasteiger partial charge in [0.15, 0.2) is 0 Å². The lowest BCUT2D eigenvalue weighted by Gasteiger charge is -2.19. The third-order valence-electron chi connectivity index (χ3n) is 3.32. The topological polar surface area (TPSA) is 148 Å². The Bertz CT molecular complexity index is 540. The maximum atomic E-state index is 12.0. The number of carboxylic acid groups (broad SMARTS) is 1. The summed E-state index contributed by atoms with van der Waals surface area (Å²) in [5, 5.41) is 14.6. The molecular weight excluding hydrogens is 300 g/mol. The van der Waals surface area contributed by atoms with Gasteiger partial charge in [0.1, 0.15) is 12.3 Å². The van der Waals surface area contributed by atoms with Gasteiger partial charge in [0, 0.05) is 36.5 Å². The molecule has 7 N–H and O–H groups in total. The highest BCUT2D eigenvalue weighted by molar-refractivity contribution is 5.98. The first kappa shape index (κ1) is 18.4. The summed E-state index contributed by atoms with van der Waals surface area (Å²) in [5.41, 5.74) is 11.8. The second kappa shape index (κ2) is 9.42. The fourth-order valence-electron chi connectivity index (χ4n) is 1.98. The van der Waals surface area contributed by atoms with E-state index in [1.807, 2.05) is 0 Å². The Morgan fingerprint density at radius 1 is 1.48 bits per heavy atom. The Morgan fingerprint density at radius 3 is 2.74 bits per heavy atom. The van der Waals surface area contributed by atoms with Crippen LogP contribution in [-0.2, 0) is 14.4 Å². The highest BCUT2D eigenvalue weighted by atomic mass is 16.4. The van der Waals surface area contributed by atoms with Gasteiger partial charge in [-0.2, -0.15) is 0 Å². The Labute approximate surface area is 134 Å². The van der Waals surface area contributed by atoms with Gasteiger partial charge < -0.3 is 32.0 Å². The van der Waals surface area contributed by atoms with Crippen molar-refractivity contribution in [2.24, 2.45) is 11.5 Å². The molecule has 2 atom stereocenters. The molecule has 0 aromatic carbocycles. The van der Waals surface area contributed by atoms with E-state index in [0.717, 1.165) is 0 Å². The fraction of sp³-hybridized carbons (Fsp3) is 0.400. The van der Waals surface area contributed by atoms with Gasteiger partial charge in [-0.1, -0.05) is 18.2 Å². The molecule has 0 aromatic heterocycles. The smallest absolute Gasteiger partial charge is 0.326 e. The van der Waals surface area contributed by atoms with Crippen LogP contribution in [0.15, 0.2) is 35.7 Å². The molecule has 0 aliphatic heterocycles. The van der Waals surface area contributed by atoms with Crippen LogP contribution in [0.2, 0.25) is 0 Å². The Kier molecular flexibility index (Phi) is 7.55. The first-order valence-corrected chi connectivity index (χ1v) is 7.23. The minimum Gasteiger partial charge on any atom is -0.480 e. The van der Waals surface area contributed by atoms with Crippen molar-refractivity contribution in [2.45, 2.75) is 31.3 Å². The molecule has 1 amide bonds. The largest absolute Gasteiger partial charge is 0.480 e. The molecule has 0 heterocycles. The number of aldehydes is 1. The van der Waals surface area contributed by atoms with Crippen LogP contribution in [0.3, 0.4) is 0 Å². The highest BCUT2D eigenvalue weighted by Crippen LogP contribution is 2.11. The van der Waals surface area contributed by atoms with Crippen molar-refractivity contribution in [3.63, 3.8) is 0 Å². The Hall–Kier alpha value is -2.61. The minimum atomic E-state index is -1.16. The van der Waals surface area contributed by atoms with E-state index in [-0.39, 0.29) is 18.9 Å². The van der Waals surface area contributed by atoms with E-state index < -0.39 is 17.9 Å². The molecule has 1 aliphatic rings. The predicted molar refractivity (Wildman–Crippen MR) is 85.0 cm³/mol. The number of hydrogen-bond acceptors (Lipinski definition) is 6. The Morgan fingerprint density at radius 2 is 2.22 bits per heavy atom. The molecule has 23 heavy (non-hydrogen) atoms. The molecule has 8 nitrogen and oxygen atoms in total. The van der Waals surface area contributed by atoms with Gasteiger partial charge in [-0.15, -0.1) is 0 Å². The molecule has 0 aromatic rings. The molecule has 0 fully saturated rings. The van der Waals surface area contributed by atoms with Crippen molar-refractivity contribution in [1.82, 2.24) is 10.6 Å². The summed E-state index contributed by atoms with van der Waals surface area (Å²) >= 11 is 0. The number of hydrogen-bond donors (Lipinski definition) is 5. The average Bonchev–Trinajstić information content (AvgIpc) is 2.56. The third-order valence-corrected chi connectivity index (χ3v) is 3.32. The van der Waals surface area contributed by atoms with E-state index >= 15 is 0 Å². The summed E-state index contributed by atoms with van der Waals surface area (Å²) in [4.78, 5) is 33.4. The van der Waals surface area contributed by atoms with Crippen LogP contribution in [0.5, 0.6) is 0 Å². The van der Waals surface area contributed by atoms with Gasteiger partial charge >= 0.3 is 5.97 Å². The van der Waals surface area contributed by atoms with E-state index in [1.165, 1.54) is 6.20 Å². The van der Waals surface area contributed by atoms with E-state index in [1.54, 1.807) is 18.2 Å². The van der Waals surface area contributed by atoms with Gasteiger partial charge in [-0.25, -0.2) is 4.79 Å². The fourth-order valence-corrected chi connectivity index (χ4v) is 1.98. The summed E-state index contributed by atoms with van der Waals surface area (Å²) in [6.45, 7) is 0.438. The molecule has 0 unspecified atom stereocenters. The number of carboxylic acids is 1. The van der Waals surface area contributed by atoms with Crippen molar-refractivity contribution < 1.29 is 19.5 Å². The number of nitrogens with two attached hydrogens (primary N) is 2. The lowest BCUT2D eigenvalue weighted by molar-refractivity contribution is -0.141. The zero-order valence-corrected chi connectivity index (χ0v) is 12.7. The van der Waals surface area contributed by atoms with E-state index in [2.05, 4.69) is 10.6 Å². The molecule has 0 saturated heterocycles. The van der Waals surface area contributed by atoms with Gasteiger partial charge in [0.25, 0.3) is 5.91 Å². The summed E-state index contributed by atoms with van der Waals surface area (Å²) in [6.07, 6.45) is 7.80. The van der Waals surface area contributed by atoms with Crippen LogP contribution in [0, 0.1) is 0 Å². The van der Waals surface area contributed by atoms with Crippen LogP contribution < -0.4 is 22.1 Å². The number of amides is 1. The van der Waals surface area contributed by atoms with Crippen LogP contribution in [-0.4, -0.2) is 41.9 Å². The quantitative estimate of drug-likeness (QED) is 0.347. The molecule has 8 heteroatoms. The van der Waals surface area contributed by atoms with Gasteiger partial charge in [0.2, 0.25) is 0 Å². The van der Waals surface area contributed by atoms with Gasteiger partial charge in [-0.3, -0.25) is 4.79 Å². The zero-order chi connectivity index (χ0) is 17.2.